The van der Waals surface area contributed by atoms with Crippen LogP contribution in [0.1, 0.15) is 47.4 Å². The molecule has 0 radical (unpaired) electrons. The summed E-state index contributed by atoms with van der Waals surface area (Å²) >= 11 is 3.35. The molecule has 0 aliphatic heterocycles. The summed E-state index contributed by atoms with van der Waals surface area (Å²) in [7, 11) is 0. The Balaban J connectivity index is 1.99. The first-order chi connectivity index (χ1) is 13.4. The summed E-state index contributed by atoms with van der Waals surface area (Å²) in [4.78, 5) is 36.8. The summed E-state index contributed by atoms with van der Waals surface area (Å²) in [6.07, 6.45) is 1.05. The molecule has 0 heterocycles. The second kappa shape index (κ2) is 10.6. The molecule has 2 rings (SSSR count). The molecule has 1 unspecified atom stereocenters. The van der Waals surface area contributed by atoms with E-state index in [9.17, 15) is 14.4 Å². The summed E-state index contributed by atoms with van der Waals surface area (Å²) in [5.41, 5.74) is 1.22. The van der Waals surface area contributed by atoms with Crippen LogP contribution in [0.2, 0.25) is 0 Å². The lowest BCUT2D eigenvalue weighted by Crippen LogP contribution is -2.35. The average Bonchev–Trinajstić information content (AvgIpc) is 2.68. The van der Waals surface area contributed by atoms with E-state index < -0.39 is 0 Å². The maximum atomic E-state index is 12.5. The van der Waals surface area contributed by atoms with Crippen LogP contribution >= 0.6 is 15.9 Å². The zero-order valence-electron chi connectivity index (χ0n) is 15.9. The summed E-state index contributed by atoms with van der Waals surface area (Å²) in [6.45, 7) is 4.14. The van der Waals surface area contributed by atoms with Crippen LogP contribution in [0.5, 0.6) is 0 Å². The standard InChI is InChI=1S/C21H24BrN3O3/c1-3-14(2)24-19(26)12-13-23-20(27)16-9-5-7-11-18(16)25-21(28)15-8-4-6-10-17(15)22/h4-11,14H,3,12-13H2,1-2H3,(H,23,27)(H,24,26)(H,25,28). The van der Waals surface area contributed by atoms with E-state index in [1.165, 1.54) is 0 Å². The van der Waals surface area contributed by atoms with Crippen molar-refractivity contribution < 1.29 is 14.4 Å². The first kappa shape index (κ1) is 21.6. The Morgan fingerprint density at radius 1 is 0.964 bits per heavy atom. The van der Waals surface area contributed by atoms with Gasteiger partial charge >= 0.3 is 0 Å². The molecule has 148 valence electrons. The fraction of sp³-hybridized carbons (Fsp3) is 0.286. The van der Waals surface area contributed by atoms with Crippen LogP contribution in [-0.2, 0) is 4.79 Å². The van der Waals surface area contributed by atoms with Crippen molar-refractivity contribution in [3.8, 4) is 0 Å². The maximum Gasteiger partial charge on any atom is 0.256 e. The van der Waals surface area contributed by atoms with Gasteiger partial charge in [-0.05, 0) is 53.5 Å². The Morgan fingerprint density at radius 2 is 1.61 bits per heavy atom. The normalized spacial score (nSPS) is 11.4. The SMILES string of the molecule is CCC(C)NC(=O)CCNC(=O)c1ccccc1NC(=O)c1ccccc1Br. The molecular formula is C21H24BrN3O3. The number of halogens is 1. The van der Waals surface area contributed by atoms with Gasteiger partial charge in [0.15, 0.2) is 0 Å². The number of amides is 3. The summed E-state index contributed by atoms with van der Waals surface area (Å²) in [5, 5.41) is 8.35. The van der Waals surface area contributed by atoms with Gasteiger partial charge < -0.3 is 16.0 Å². The third-order valence-electron chi connectivity index (χ3n) is 4.20. The lowest BCUT2D eigenvalue weighted by molar-refractivity contribution is -0.121. The average molecular weight is 446 g/mol. The highest BCUT2D eigenvalue weighted by Gasteiger charge is 2.15. The smallest absolute Gasteiger partial charge is 0.256 e. The van der Waals surface area contributed by atoms with Crippen LogP contribution in [0.15, 0.2) is 53.0 Å². The number of rotatable bonds is 8. The van der Waals surface area contributed by atoms with E-state index in [-0.39, 0.29) is 36.7 Å². The largest absolute Gasteiger partial charge is 0.354 e. The molecule has 7 heteroatoms. The molecule has 0 aliphatic carbocycles. The molecule has 0 saturated heterocycles. The monoisotopic (exact) mass is 445 g/mol. The zero-order chi connectivity index (χ0) is 20.5. The quantitative estimate of drug-likeness (QED) is 0.578. The van der Waals surface area contributed by atoms with Crippen molar-refractivity contribution in [1.82, 2.24) is 10.6 Å². The van der Waals surface area contributed by atoms with E-state index in [4.69, 9.17) is 0 Å². The third-order valence-corrected chi connectivity index (χ3v) is 4.89. The Morgan fingerprint density at radius 3 is 2.29 bits per heavy atom. The van der Waals surface area contributed by atoms with Gasteiger partial charge in [0.2, 0.25) is 5.91 Å². The fourth-order valence-corrected chi connectivity index (χ4v) is 2.92. The Labute approximate surface area is 173 Å². The van der Waals surface area contributed by atoms with Gasteiger partial charge in [-0.15, -0.1) is 0 Å². The topological polar surface area (TPSA) is 87.3 Å². The number of anilines is 1. The van der Waals surface area contributed by atoms with Crippen LogP contribution in [0, 0.1) is 0 Å². The van der Waals surface area contributed by atoms with Gasteiger partial charge in [0.25, 0.3) is 11.8 Å². The second-order valence-electron chi connectivity index (χ2n) is 6.36. The number of benzene rings is 2. The molecule has 28 heavy (non-hydrogen) atoms. The summed E-state index contributed by atoms with van der Waals surface area (Å²) in [5.74, 6) is -0.773. The number of hydrogen-bond acceptors (Lipinski definition) is 3. The molecule has 2 aromatic carbocycles. The van der Waals surface area contributed by atoms with Crippen molar-refractivity contribution in [2.45, 2.75) is 32.7 Å². The summed E-state index contributed by atoms with van der Waals surface area (Å²) in [6, 6.07) is 13.9. The number of para-hydroxylation sites is 1. The summed E-state index contributed by atoms with van der Waals surface area (Å²) < 4.78 is 0.668. The van der Waals surface area contributed by atoms with Gasteiger partial charge in [0.1, 0.15) is 0 Å². The van der Waals surface area contributed by atoms with E-state index in [0.717, 1.165) is 6.42 Å². The molecule has 1 atom stereocenters. The minimum Gasteiger partial charge on any atom is -0.354 e. The molecule has 6 nitrogen and oxygen atoms in total. The number of hydrogen-bond donors (Lipinski definition) is 3. The molecule has 2 aromatic rings. The molecule has 0 aromatic heterocycles. The lowest BCUT2D eigenvalue weighted by atomic mass is 10.1. The predicted molar refractivity (Wildman–Crippen MR) is 113 cm³/mol. The second-order valence-corrected chi connectivity index (χ2v) is 7.22. The molecule has 0 bridgehead atoms. The van der Waals surface area contributed by atoms with Crippen LogP contribution in [-0.4, -0.2) is 30.3 Å². The Hall–Kier alpha value is -2.67. The predicted octanol–water partition coefficient (Wildman–Crippen LogP) is 3.74. The Bertz CT molecular complexity index is 854. The Kier molecular flexibility index (Phi) is 8.19. The van der Waals surface area contributed by atoms with Crippen molar-refractivity contribution in [2.75, 3.05) is 11.9 Å². The van der Waals surface area contributed by atoms with E-state index >= 15 is 0 Å². The molecule has 3 N–H and O–H groups in total. The van der Waals surface area contributed by atoms with Crippen LogP contribution in [0.4, 0.5) is 5.69 Å². The van der Waals surface area contributed by atoms with E-state index in [1.807, 2.05) is 19.9 Å². The molecule has 0 saturated carbocycles. The molecule has 3 amide bonds. The zero-order valence-corrected chi connectivity index (χ0v) is 17.5. The van der Waals surface area contributed by atoms with Crippen LogP contribution in [0.25, 0.3) is 0 Å². The fourth-order valence-electron chi connectivity index (χ4n) is 2.46. The van der Waals surface area contributed by atoms with E-state index in [1.54, 1.807) is 42.5 Å². The lowest BCUT2D eigenvalue weighted by Gasteiger charge is -2.13. The number of carbonyl (C=O) groups excluding carboxylic acids is 3. The van der Waals surface area contributed by atoms with Crippen molar-refractivity contribution in [2.24, 2.45) is 0 Å². The van der Waals surface area contributed by atoms with Crippen LogP contribution in [0.3, 0.4) is 0 Å². The first-order valence-corrected chi connectivity index (χ1v) is 9.94. The van der Waals surface area contributed by atoms with E-state index in [0.29, 0.717) is 21.3 Å². The van der Waals surface area contributed by atoms with E-state index in [2.05, 4.69) is 31.9 Å². The molecule has 0 spiro atoms. The highest BCUT2D eigenvalue weighted by atomic mass is 79.9. The van der Waals surface area contributed by atoms with Gasteiger partial charge in [-0.1, -0.05) is 31.2 Å². The highest BCUT2D eigenvalue weighted by molar-refractivity contribution is 9.10. The highest BCUT2D eigenvalue weighted by Crippen LogP contribution is 2.20. The van der Waals surface area contributed by atoms with Gasteiger partial charge in [0.05, 0.1) is 16.8 Å². The van der Waals surface area contributed by atoms with Crippen LogP contribution < -0.4 is 16.0 Å². The van der Waals surface area contributed by atoms with Gasteiger partial charge in [-0.25, -0.2) is 0 Å². The molecular weight excluding hydrogens is 422 g/mol. The minimum absolute atomic E-state index is 0.106. The van der Waals surface area contributed by atoms with Gasteiger partial charge in [-0.2, -0.15) is 0 Å². The molecule has 0 aliphatic rings. The van der Waals surface area contributed by atoms with Crippen molar-refractivity contribution in [3.63, 3.8) is 0 Å². The minimum atomic E-state index is -0.348. The van der Waals surface area contributed by atoms with Crippen molar-refractivity contribution in [3.05, 3.63) is 64.1 Å². The maximum absolute atomic E-state index is 12.5. The van der Waals surface area contributed by atoms with Gasteiger partial charge in [-0.3, -0.25) is 14.4 Å². The van der Waals surface area contributed by atoms with Gasteiger partial charge in [0, 0.05) is 23.5 Å². The van der Waals surface area contributed by atoms with Crippen molar-refractivity contribution >= 4 is 39.3 Å². The number of carbonyl (C=O) groups is 3. The molecule has 0 fully saturated rings. The first-order valence-electron chi connectivity index (χ1n) is 9.14. The number of nitrogens with one attached hydrogen (secondary N) is 3. The third kappa shape index (κ3) is 6.20. The van der Waals surface area contributed by atoms with Crippen molar-refractivity contribution in [1.29, 1.82) is 0 Å².